The molecule has 1 fully saturated rings. The van der Waals surface area contributed by atoms with Gasteiger partial charge < -0.3 is 4.74 Å². The smallest absolute Gasteiger partial charge is 0.261 e. The van der Waals surface area contributed by atoms with Crippen molar-refractivity contribution in [2.45, 2.75) is 10.3 Å². The van der Waals surface area contributed by atoms with Crippen LogP contribution < -0.4 is 14.4 Å². The maximum Gasteiger partial charge on any atom is 0.261 e. The lowest BCUT2D eigenvalue weighted by molar-refractivity contribution is -0.115. The lowest BCUT2D eigenvalue weighted by Gasteiger charge is -2.25. The van der Waals surface area contributed by atoms with Crippen molar-refractivity contribution in [3.8, 4) is 5.75 Å². The third kappa shape index (κ3) is 4.73. The van der Waals surface area contributed by atoms with Crippen LogP contribution in [0.5, 0.6) is 5.75 Å². The van der Waals surface area contributed by atoms with Crippen LogP contribution in [0.3, 0.4) is 0 Å². The van der Waals surface area contributed by atoms with Crippen LogP contribution in [0.2, 0.25) is 0 Å². The second-order valence-corrected chi connectivity index (χ2v) is 10.5. The number of carbonyl (C=O) groups is 1. The lowest BCUT2D eigenvalue weighted by atomic mass is 10.1. The highest BCUT2D eigenvalue weighted by atomic mass is 79.9. The summed E-state index contributed by atoms with van der Waals surface area (Å²) < 4.78 is 34.2. The average Bonchev–Trinajstić information content (AvgIpc) is 3.15. The van der Waals surface area contributed by atoms with Gasteiger partial charge in [0, 0.05) is 21.9 Å². The van der Waals surface area contributed by atoms with Gasteiger partial charge in [-0.2, -0.15) is 0 Å². The normalized spacial score (nSPS) is 16.4. The van der Waals surface area contributed by atoms with E-state index in [2.05, 4.69) is 20.7 Å². The van der Waals surface area contributed by atoms with E-state index in [0.29, 0.717) is 17.2 Å². The predicted octanol–water partition coefficient (Wildman–Crippen LogP) is 5.04. The first kappa shape index (κ1) is 21.7. The standard InChI is InChI=1S/C22H19BrN2O4S2/c1-29-19-7-3-6-18(13-19)25-21(26)14-30-22(25)15-4-2-5-17(12-15)24-31(27,28)20-10-8-16(23)9-11-20/h2-13,22,24H,14H2,1H3/t22-/m0/s1. The summed E-state index contributed by atoms with van der Waals surface area (Å²) >= 11 is 4.81. The van der Waals surface area contributed by atoms with Crippen LogP contribution in [0.15, 0.2) is 82.2 Å². The Morgan fingerprint density at radius 1 is 1.06 bits per heavy atom. The highest BCUT2D eigenvalue weighted by molar-refractivity contribution is 9.10. The molecule has 0 saturated carbocycles. The quantitative estimate of drug-likeness (QED) is 0.494. The molecule has 4 rings (SSSR count). The summed E-state index contributed by atoms with van der Waals surface area (Å²) in [5.41, 5.74) is 2.00. The molecule has 1 aliphatic heterocycles. The predicted molar refractivity (Wildman–Crippen MR) is 127 cm³/mol. The van der Waals surface area contributed by atoms with Crippen LogP contribution in [0.1, 0.15) is 10.9 Å². The topological polar surface area (TPSA) is 75.7 Å². The first-order valence-electron chi connectivity index (χ1n) is 9.33. The van der Waals surface area contributed by atoms with Crippen molar-refractivity contribution < 1.29 is 17.9 Å². The maximum atomic E-state index is 12.7. The fourth-order valence-electron chi connectivity index (χ4n) is 3.29. The van der Waals surface area contributed by atoms with Crippen LogP contribution in [0, 0.1) is 0 Å². The Bertz CT molecular complexity index is 1220. The summed E-state index contributed by atoms with van der Waals surface area (Å²) in [6.45, 7) is 0. The van der Waals surface area contributed by atoms with Crippen molar-refractivity contribution in [1.29, 1.82) is 0 Å². The highest BCUT2D eigenvalue weighted by Crippen LogP contribution is 2.43. The average molecular weight is 519 g/mol. The van der Waals surface area contributed by atoms with Gasteiger partial charge in [0.05, 0.1) is 17.8 Å². The van der Waals surface area contributed by atoms with Crippen LogP contribution in [0.4, 0.5) is 11.4 Å². The van der Waals surface area contributed by atoms with Gasteiger partial charge in [-0.15, -0.1) is 11.8 Å². The second kappa shape index (κ2) is 8.94. The minimum absolute atomic E-state index is 0.0101. The first-order chi connectivity index (χ1) is 14.9. The van der Waals surface area contributed by atoms with Gasteiger partial charge in [-0.25, -0.2) is 8.42 Å². The molecule has 0 aliphatic carbocycles. The van der Waals surface area contributed by atoms with Gasteiger partial charge in [-0.05, 0) is 54.1 Å². The van der Waals surface area contributed by atoms with Crippen molar-refractivity contribution in [3.05, 3.63) is 82.8 Å². The zero-order valence-corrected chi connectivity index (χ0v) is 19.7. The van der Waals surface area contributed by atoms with E-state index in [9.17, 15) is 13.2 Å². The minimum atomic E-state index is -3.73. The molecule has 1 aliphatic rings. The minimum Gasteiger partial charge on any atom is -0.497 e. The van der Waals surface area contributed by atoms with Crippen molar-refractivity contribution in [2.75, 3.05) is 22.5 Å². The third-order valence-electron chi connectivity index (χ3n) is 4.75. The zero-order chi connectivity index (χ0) is 22.0. The largest absolute Gasteiger partial charge is 0.497 e. The van der Waals surface area contributed by atoms with E-state index < -0.39 is 10.0 Å². The fraction of sp³-hybridized carbons (Fsp3) is 0.136. The Morgan fingerprint density at radius 2 is 1.81 bits per heavy atom. The molecular formula is C22H19BrN2O4S2. The van der Waals surface area contributed by atoms with Crippen molar-refractivity contribution in [2.24, 2.45) is 0 Å². The number of nitrogens with one attached hydrogen (secondary N) is 1. The number of hydrogen-bond donors (Lipinski definition) is 1. The van der Waals surface area contributed by atoms with E-state index in [1.807, 2.05) is 30.3 Å². The molecule has 0 radical (unpaired) electrons. The summed E-state index contributed by atoms with van der Waals surface area (Å²) in [7, 11) is -2.15. The molecule has 3 aromatic carbocycles. The van der Waals surface area contributed by atoms with Gasteiger partial charge in [-0.3, -0.25) is 14.4 Å². The van der Waals surface area contributed by atoms with Crippen molar-refractivity contribution in [3.63, 3.8) is 0 Å². The van der Waals surface area contributed by atoms with Crippen molar-refractivity contribution >= 4 is 55.0 Å². The first-order valence-corrected chi connectivity index (χ1v) is 12.7. The fourth-order valence-corrected chi connectivity index (χ4v) is 5.77. The van der Waals surface area contributed by atoms with Crippen LogP contribution in [0.25, 0.3) is 0 Å². The van der Waals surface area contributed by atoms with E-state index in [4.69, 9.17) is 4.74 Å². The molecule has 0 bridgehead atoms. The number of rotatable bonds is 6. The van der Waals surface area contributed by atoms with Gasteiger partial charge in [0.15, 0.2) is 0 Å². The number of ether oxygens (including phenoxy) is 1. The van der Waals surface area contributed by atoms with Gasteiger partial charge in [0.2, 0.25) is 5.91 Å². The van der Waals surface area contributed by atoms with Crippen molar-refractivity contribution in [1.82, 2.24) is 0 Å². The number of amides is 1. The highest BCUT2D eigenvalue weighted by Gasteiger charge is 2.34. The van der Waals surface area contributed by atoms with Gasteiger partial charge in [0.1, 0.15) is 11.1 Å². The van der Waals surface area contributed by atoms with E-state index in [0.717, 1.165) is 15.7 Å². The molecule has 1 atom stereocenters. The Hall–Kier alpha value is -2.49. The van der Waals surface area contributed by atoms with E-state index in [1.54, 1.807) is 42.3 Å². The number of nitrogens with zero attached hydrogens (tertiary/aromatic N) is 1. The van der Waals surface area contributed by atoms with Crippen LogP contribution in [-0.4, -0.2) is 27.2 Å². The molecule has 9 heteroatoms. The molecule has 31 heavy (non-hydrogen) atoms. The summed E-state index contributed by atoms with van der Waals surface area (Å²) in [5.74, 6) is 0.998. The Balaban J connectivity index is 1.62. The molecule has 1 amide bonds. The van der Waals surface area contributed by atoms with Crippen LogP contribution in [-0.2, 0) is 14.8 Å². The monoisotopic (exact) mass is 518 g/mol. The molecule has 0 spiro atoms. The van der Waals surface area contributed by atoms with Gasteiger partial charge in [-0.1, -0.05) is 34.1 Å². The summed E-state index contributed by atoms with van der Waals surface area (Å²) in [6, 6.07) is 20.9. The molecule has 160 valence electrons. The zero-order valence-electron chi connectivity index (χ0n) is 16.5. The van der Waals surface area contributed by atoms with E-state index >= 15 is 0 Å². The number of methoxy groups -OCH3 is 1. The molecule has 0 aromatic heterocycles. The summed E-state index contributed by atoms with van der Waals surface area (Å²) in [4.78, 5) is 14.5. The molecule has 0 unspecified atom stereocenters. The molecule has 1 saturated heterocycles. The number of halogens is 1. The van der Waals surface area contributed by atoms with E-state index in [-0.39, 0.29) is 16.2 Å². The number of benzene rings is 3. The second-order valence-electron chi connectivity index (χ2n) is 6.81. The van der Waals surface area contributed by atoms with E-state index in [1.165, 1.54) is 23.9 Å². The Morgan fingerprint density at radius 3 is 2.55 bits per heavy atom. The van der Waals surface area contributed by atoms with Gasteiger partial charge >= 0.3 is 0 Å². The maximum absolute atomic E-state index is 12.7. The lowest BCUT2D eigenvalue weighted by Crippen LogP contribution is -2.27. The Labute approximate surface area is 193 Å². The summed E-state index contributed by atoms with van der Waals surface area (Å²) in [6.07, 6.45) is 0. The molecule has 6 nitrogen and oxygen atoms in total. The molecule has 1 heterocycles. The summed E-state index contributed by atoms with van der Waals surface area (Å²) in [5, 5.41) is -0.267. The molecular weight excluding hydrogens is 500 g/mol. The molecule has 3 aromatic rings. The number of carbonyl (C=O) groups excluding carboxylic acids is 1. The number of thioether (sulfide) groups is 1. The number of sulfonamides is 1. The Kier molecular flexibility index (Phi) is 6.27. The SMILES string of the molecule is COc1cccc(N2C(=O)CS[C@H]2c2cccc(NS(=O)(=O)c3ccc(Br)cc3)c2)c1. The molecule has 1 N–H and O–H groups in total. The number of hydrogen-bond acceptors (Lipinski definition) is 5. The van der Waals surface area contributed by atoms with Crippen LogP contribution >= 0.6 is 27.7 Å². The van der Waals surface area contributed by atoms with Gasteiger partial charge in [0.25, 0.3) is 10.0 Å². The number of anilines is 2. The third-order valence-corrected chi connectivity index (χ3v) is 7.89.